The molecular weight excluding hydrogens is 401 g/mol. The van der Waals surface area contributed by atoms with Crippen LogP contribution in [0, 0.1) is 5.31 Å². The molecule has 0 aliphatic carbocycles. The van der Waals surface area contributed by atoms with Crippen molar-refractivity contribution in [2.75, 3.05) is 39.9 Å². The number of likely N-dealkylation sites (tertiary alicyclic amines) is 1. The predicted octanol–water partition coefficient (Wildman–Crippen LogP) is -1.61. The Bertz CT molecular complexity index is 635. The summed E-state index contributed by atoms with van der Waals surface area (Å²) in [7, 11) is 1.50. The molecule has 11 nitrogen and oxygen atoms in total. The van der Waals surface area contributed by atoms with Crippen LogP contribution in [0.1, 0.15) is 25.7 Å². The van der Waals surface area contributed by atoms with Crippen LogP contribution in [0.25, 0.3) is 0 Å². The van der Waals surface area contributed by atoms with Gasteiger partial charge in [0.15, 0.2) is 0 Å². The molecule has 0 aromatic carbocycles. The van der Waals surface area contributed by atoms with Gasteiger partial charge in [0.25, 0.3) is 0 Å². The Morgan fingerprint density at radius 3 is 2.28 bits per heavy atom. The quantitative estimate of drug-likeness (QED) is 0.148. The zero-order chi connectivity index (χ0) is 21.6. The minimum absolute atomic E-state index is 0.00626. The first-order chi connectivity index (χ1) is 13.9. The molecule has 5 amide bonds. The molecule has 29 heavy (non-hydrogen) atoms. The summed E-state index contributed by atoms with van der Waals surface area (Å²) >= 11 is 0.979. The van der Waals surface area contributed by atoms with Crippen molar-refractivity contribution < 1.29 is 28.7 Å². The van der Waals surface area contributed by atoms with Gasteiger partial charge in [-0.05, 0) is 0 Å². The van der Waals surface area contributed by atoms with Gasteiger partial charge in [0.1, 0.15) is 0 Å². The van der Waals surface area contributed by atoms with Crippen LogP contribution >= 0.6 is 11.6 Å². The molecule has 1 fully saturated rings. The molecule has 4 N–H and O–H groups in total. The second kappa shape index (κ2) is 13.8. The zero-order valence-corrected chi connectivity index (χ0v) is 17.1. The van der Waals surface area contributed by atoms with E-state index in [1.807, 2.05) is 0 Å². The van der Waals surface area contributed by atoms with Crippen molar-refractivity contribution in [2.45, 2.75) is 30.9 Å². The summed E-state index contributed by atoms with van der Waals surface area (Å²) in [4.78, 5) is 59.7. The standard InChI is InChI=1S/C16H26BN5O6S/c1-28-9-4-14(25)19-5-2-12(23)20-6-7-21-13(24)3-8-22-15(26)10-11(16(22)27)29-17-18/h11,18H,2-10H2,1H3,(H,19,25)(H,20,23)(H,21,24). The molecule has 0 saturated carbocycles. The maximum atomic E-state index is 12.0. The minimum atomic E-state index is -0.581. The van der Waals surface area contributed by atoms with Crippen LogP contribution in [-0.4, -0.2) is 85.9 Å². The van der Waals surface area contributed by atoms with Crippen LogP contribution in [0.2, 0.25) is 0 Å². The summed E-state index contributed by atoms with van der Waals surface area (Å²) in [6, 6.07) is 0. The van der Waals surface area contributed by atoms with E-state index in [2.05, 4.69) is 16.0 Å². The van der Waals surface area contributed by atoms with Crippen molar-refractivity contribution in [3.05, 3.63) is 0 Å². The Kier molecular flexibility index (Phi) is 11.8. The summed E-state index contributed by atoms with van der Waals surface area (Å²) < 4.78 is 4.78. The molecule has 1 saturated heterocycles. The van der Waals surface area contributed by atoms with Gasteiger partial charge in [-0.2, -0.15) is 0 Å². The summed E-state index contributed by atoms with van der Waals surface area (Å²) in [5, 5.41) is 14.2. The third-order valence-corrected chi connectivity index (χ3v) is 4.81. The number of carbonyl (C=O) groups is 5. The summed E-state index contributed by atoms with van der Waals surface area (Å²) in [5.41, 5.74) is 0. The summed E-state index contributed by atoms with van der Waals surface area (Å²) in [6.07, 6.45) is 1.40. The fraction of sp³-hybridized carbons (Fsp3) is 0.688. The van der Waals surface area contributed by atoms with Crippen LogP contribution in [0.3, 0.4) is 0 Å². The molecule has 0 aromatic heterocycles. The molecular formula is C16H26BN5O6S. The van der Waals surface area contributed by atoms with Crippen LogP contribution in [0.4, 0.5) is 0 Å². The molecule has 0 bridgehead atoms. The Morgan fingerprint density at radius 1 is 1.07 bits per heavy atom. The van der Waals surface area contributed by atoms with Crippen molar-refractivity contribution in [3.8, 4) is 0 Å². The third kappa shape index (κ3) is 9.66. The molecule has 160 valence electrons. The van der Waals surface area contributed by atoms with Crippen molar-refractivity contribution in [1.82, 2.24) is 20.9 Å². The summed E-state index contributed by atoms with van der Waals surface area (Å²) in [6.45, 7) is 0.964. The molecule has 0 spiro atoms. The topological polar surface area (TPSA) is 158 Å². The average Bonchev–Trinajstić information content (AvgIpc) is 2.95. The molecule has 0 aromatic rings. The third-order valence-electron chi connectivity index (χ3n) is 3.97. The molecule has 1 aliphatic rings. The molecule has 0 radical (unpaired) electrons. The molecule has 1 atom stereocenters. The number of hydrogen-bond acceptors (Lipinski definition) is 8. The van der Waals surface area contributed by atoms with Crippen molar-refractivity contribution in [3.63, 3.8) is 0 Å². The van der Waals surface area contributed by atoms with Gasteiger partial charge in [0.2, 0.25) is 5.91 Å². The summed E-state index contributed by atoms with van der Waals surface area (Å²) in [5.74, 6) is -1.51. The monoisotopic (exact) mass is 427 g/mol. The number of nitrogens with one attached hydrogen (secondary N) is 4. The van der Waals surface area contributed by atoms with E-state index >= 15 is 0 Å². The van der Waals surface area contributed by atoms with Gasteiger partial charge in [-0.25, -0.2) is 0 Å². The van der Waals surface area contributed by atoms with E-state index in [0.29, 0.717) is 6.61 Å². The zero-order valence-electron chi connectivity index (χ0n) is 16.3. The molecule has 1 aliphatic heterocycles. The SMILES string of the molecule is COCCC(=O)NCCC(=O)NCCNC(=O)CCN1C(=O)CC(SB=N)C1=O. The predicted molar refractivity (Wildman–Crippen MR) is 106 cm³/mol. The number of rotatable bonds is 14. The van der Waals surface area contributed by atoms with E-state index < -0.39 is 5.25 Å². The Morgan fingerprint density at radius 2 is 1.66 bits per heavy atom. The van der Waals surface area contributed by atoms with E-state index in [4.69, 9.17) is 10.0 Å². The molecule has 1 unspecified atom stereocenters. The Labute approximate surface area is 173 Å². The van der Waals surface area contributed by atoms with Crippen LogP contribution in [0.15, 0.2) is 0 Å². The van der Waals surface area contributed by atoms with Crippen LogP contribution in [-0.2, 0) is 28.7 Å². The van der Waals surface area contributed by atoms with E-state index in [9.17, 15) is 24.0 Å². The number of nitrogens with zero attached hydrogens (tertiary/aromatic N) is 1. The van der Waals surface area contributed by atoms with Gasteiger partial charge >= 0.3 is 115 Å². The number of amides is 5. The van der Waals surface area contributed by atoms with Crippen molar-refractivity contribution >= 4 is 47.5 Å². The van der Waals surface area contributed by atoms with Crippen molar-refractivity contribution in [1.29, 1.82) is 5.31 Å². The van der Waals surface area contributed by atoms with Crippen molar-refractivity contribution in [2.24, 2.45) is 0 Å². The number of carbonyl (C=O) groups excluding carboxylic acids is 5. The van der Waals surface area contributed by atoms with E-state index in [1.165, 1.54) is 7.11 Å². The number of ether oxygens (including phenoxy) is 1. The molecule has 1 rings (SSSR count). The molecule has 1 heterocycles. The fourth-order valence-electron chi connectivity index (χ4n) is 2.47. The van der Waals surface area contributed by atoms with Gasteiger partial charge in [-0.15, -0.1) is 0 Å². The Balaban J connectivity index is 2.11. The first-order valence-corrected chi connectivity index (χ1v) is 10.1. The first kappa shape index (κ1) is 24.8. The van der Waals surface area contributed by atoms with Gasteiger partial charge in [-0.1, -0.05) is 0 Å². The van der Waals surface area contributed by atoms with Crippen LogP contribution < -0.4 is 16.0 Å². The second-order valence-electron chi connectivity index (χ2n) is 6.12. The van der Waals surface area contributed by atoms with Gasteiger partial charge < -0.3 is 10.1 Å². The average molecular weight is 427 g/mol. The number of hydrogen-bond donors (Lipinski definition) is 4. The normalized spacial score (nSPS) is 15.8. The Hall–Kier alpha value is -2.28. The van der Waals surface area contributed by atoms with E-state index in [1.54, 1.807) is 0 Å². The van der Waals surface area contributed by atoms with Crippen LogP contribution in [0.5, 0.6) is 0 Å². The number of methoxy groups -OCH3 is 1. The van der Waals surface area contributed by atoms with Gasteiger partial charge in [-0.3, -0.25) is 9.59 Å². The second-order valence-corrected chi connectivity index (χ2v) is 7.20. The van der Waals surface area contributed by atoms with Gasteiger partial charge in [0.05, 0.1) is 6.61 Å². The van der Waals surface area contributed by atoms with E-state index in [-0.39, 0.29) is 81.4 Å². The van der Waals surface area contributed by atoms with E-state index in [0.717, 1.165) is 22.9 Å². The molecule has 13 heteroatoms. The first-order valence-electron chi connectivity index (χ1n) is 9.16. The van der Waals surface area contributed by atoms with Gasteiger partial charge in [0, 0.05) is 26.5 Å². The number of imide groups is 1. The fourth-order valence-corrected chi connectivity index (χ4v) is 3.12. The maximum absolute atomic E-state index is 12.0.